The van der Waals surface area contributed by atoms with E-state index in [4.69, 9.17) is 15.0 Å². The van der Waals surface area contributed by atoms with Crippen molar-refractivity contribution in [2.24, 2.45) is 0 Å². The molecule has 0 spiro atoms. The van der Waals surface area contributed by atoms with Crippen molar-refractivity contribution in [2.75, 3.05) is 0 Å². The molecule has 0 radical (unpaired) electrons. The lowest BCUT2D eigenvalue weighted by atomic mass is 9.81. The molecule has 3 aromatic heterocycles. The van der Waals surface area contributed by atoms with Crippen LogP contribution in [0.25, 0.3) is 100 Å². The molecule has 8 aromatic carbocycles. The number of benzene rings is 8. The number of hydrogen-bond donors (Lipinski definition) is 0. The lowest BCUT2D eigenvalue weighted by Gasteiger charge is -2.24. The maximum Gasteiger partial charge on any atom is 0.164 e. The van der Waals surface area contributed by atoms with Crippen molar-refractivity contribution in [3.05, 3.63) is 199 Å². The van der Waals surface area contributed by atoms with Gasteiger partial charge in [0.15, 0.2) is 17.5 Å². The molecule has 0 bridgehead atoms. The van der Waals surface area contributed by atoms with Crippen molar-refractivity contribution in [1.82, 2.24) is 24.1 Å². The average Bonchev–Trinajstić information content (AvgIpc) is 3.90. The van der Waals surface area contributed by atoms with Gasteiger partial charge in [-0.05, 0) is 65.2 Å². The van der Waals surface area contributed by atoms with Crippen LogP contribution in [0.4, 0.5) is 0 Å². The maximum atomic E-state index is 5.04. The highest BCUT2D eigenvalue weighted by molar-refractivity contribution is 6.33. The second-order valence-electron chi connectivity index (χ2n) is 16.0. The van der Waals surface area contributed by atoms with E-state index in [-0.39, 0.29) is 5.41 Å². The monoisotopic (exact) mass is 755 g/mol. The van der Waals surface area contributed by atoms with Crippen LogP contribution in [0.5, 0.6) is 0 Å². The van der Waals surface area contributed by atoms with Crippen LogP contribution in [0, 0.1) is 0 Å². The van der Waals surface area contributed by atoms with Crippen molar-refractivity contribution in [3.8, 4) is 56.7 Å². The predicted octanol–water partition coefficient (Wildman–Crippen LogP) is 13.4. The summed E-state index contributed by atoms with van der Waals surface area (Å²) in [7, 11) is 0. The Morgan fingerprint density at radius 2 is 0.814 bits per heavy atom. The summed E-state index contributed by atoms with van der Waals surface area (Å²) >= 11 is 0. The van der Waals surface area contributed by atoms with Crippen LogP contribution in [0.1, 0.15) is 25.0 Å². The smallest absolute Gasteiger partial charge is 0.164 e. The van der Waals surface area contributed by atoms with Gasteiger partial charge in [-0.25, -0.2) is 15.0 Å². The van der Waals surface area contributed by atoms with Crippen LogP contribution in [0.15, 0.2) is 188 Å². The molecule has 5 nitrogen and oxygen atoms in total. The minimum Gasteiger partial charge on any atom is -0.309 e. The number of rotatable bonds is 5. The molecule has 0 unspecified atom stereocenters. The van der Waals surface area contributed by atoms with Crippen LogP contribution in [0.2, 0.25) is 0 Å². The van der Waals surface area contributed by atoms with Crippen molar-refractivity contribution in [3.63, 3.8) is 0 Å². The summed E-state index contributed by atoms with van der Waals surface area (Å²) in [6, 6.07) is 66.8. The summed E-state index contributed by atoms with van der Waals surface area (Å²) in [4.78, 5) is 15.0. The molecule has 11 aromatic rings. The predicted molar refractivity (Wildman–Crippen MR) is 242 cm³/mol. The molecule has 0 fully saturated rings. The third-order valence-electron chi connectivity index (χ3n) is 12.3. The minimum atomic E-state index is -0.283. The Morgan fingerprint density at radius 3 is 1.39 bits per heavy atom. The SMILES string of the molecule is CC1(C)c2ccccc2-c2c1c1c(c3ccccc3n1-c1ccc(-c3nc(-c4ccccc4)nc(-c4ccccc4)n3)cc1)c1c3ccccc3n(-c3ccccc3)c21. The zero-order valence-electron chi connectivity index (χ0n) is 32.6. The highest BCUT2D eigenvalue weighted by atomic mass is 15.0. The van der Waals surface area contributed by atoms with Gasteiger partial charge in [0, 0.05) is 60.6 Å². The number of nitrogens with zero attached hydrogens (tertiary/aromatic N) is 5. The van der Waals surface area contributed by atoms with Gasteiger partial charge in [0.05, 0.1) is 22.1 Å². The second kappa shape index (κ2) is 12.7. The fraction of sp³-hybridized carbons (Fsp3) is 0.0556. The molecule has 0 saturated heterocycles. The molecule has 12 rings (SSSR count). The van der Waals surface area contributed by atoms with Gasteiger partial charge in [0.1, 0.15) is 0 Å². The molecular weight excluding hydrogens is 719 g/mol. The standard InChI is InChI=1S/C54H37N5/c1-54(2)42-27-15-12-24-39(42)47-48(54)50-46(45-40-25-13-16-28-43(40)58(49(45)47)37-22-10-5-11-23-37)41-26-14-17-29-44(41)59(50)38-32-30-36(31-33-38)53-56-51(34-18-6-3-7-19-34)55-52(57-53)35-20-8-4-9-21-35/h3-33H,1-2H3. The third kappa shape index (κ3) is 4.88. The lowest BCUT2D eigenvalue weighted by molar-refractivity contribution is 0.664. The van der Waals surface area contributed by atoms with E-state index in [1.54, 1.807) is 0 Å². The molecule has 1 aliphatic rings. The Morgan fingerprint density at radius 1 is 0.390 bits per heavy atom. The molecule has 5 heteroatoms. The van der Waals surface area contributed by atoms with Crippen LogP contribution in [-0.4, -0.2) is 24.1 Å². The van der Waals surface area contributed by atoms with Crippen molar-refractivity contribution in [2.45, 2.75) is 19.3 Å². The van der Waals surface area contributed by atoms with E-state index in [0.29, 0.717) is 17.5 Å². The van der Waals surface area contributed by atoms with E-state index in [9.17, 15) is 0 Å². The Kier molecular flexibility index (Phi) is 7.20. The van der Waals surface area contributed by atoms with Gasteiger partial charge in [-0.1, -0.05) is 153 Å². The van der Waals surface area contributed by atoms with E-state index in [1.807, 2.05) is 60.7 Å². The van der Waals surface area contributed by atoms with Gasteiger partial charge in [-0.2, -0.15) is 0 Å². The normalized spacial score (nSPS) is 13.1. The van der Waals surface area contributed by atoms with Crippen molar-refractivity contribution < 1.29 is 0 Å². The third-order valence-corrected chi connectivity index (χ3v) is 12.3. The zero-order valence-corrected chi connectivity index (χ0v) is 32.6. The van der Waals surface area contributed by atoms with Crippen LogP contribution >= 0.6 is 0 Å². The number of para-hydroxylation sites is 3. The van der Waals surface area contributed by atoms with E-state index >= 15 is 0 Å². The van der Waals surface area contributed by atoms with Gasteiger partial charge in [0.2, 0.25) is 0 Å². The highest BCUT2D eigenvalue weighted by Crippen LogP contribution is 2.58. The molecular formula is C54H37N5. The van der Waals surface area contributed by atoms with E-state index < -0.39 is 0 Å². The first-order valence-corrected chi connectivity index (χ1v) is 20.2. The Bertz CT molecular complexity index is 3380. The molecule has 0 atom stereocenters. The molecule has 0 N–H and O–H groups in total. The van der Waals surface area contributed by atoms with Gasteiger partial charge in [-0.15, -0.1) is 0 Å². The molecule has 0 amide bonds. The Balaban J connectivity index is 1.16. The molecule has 59 heavy (non-hydrogen) atoms. The number of hydrogen-bond acceptors (Lipinski definition) is 3. The quantitative estimate of drug-likeness (QED) is 0.176. The number of fused-ring (bicyclic) bond motifs is 12. The summed E-state index contributed by atoms with van der Waals surface area (Å²) in [6.07, 6.45) is 0. The lowest BCUT2D eigenvalue weighted by Crippen LogP contribution is -2.16. The van der Waals surface area contributed by atoms with E-state index in [1.165, 1.54) is 65.9 Å². The summed E-state index contributed by atoms with van der Waals surface area (Å²) in [5.74, 6) is 1.94. The van der Waals surface area contributed by atoms with Crippen molar-refractivity contribution in [1.29, 1.82) is 0 Å². The van der Waals surface area contributed by atoms with Gasteiger partial charge in [-0.3, -0.25) is 0 Å². The van der Waals surface area contributed by atoms with Gasteiger partial charge >= 0.3 is 0 Å². The fourth-order valence-electron chi connectivity index (χ4n) is 9.76. The molecule has 3 heterocycles. The largest absolute Gasteiger partial charge is 0.309 e. The molecule has 0 aliphatic heterocycles. The van der Waals surface area contributed by atoms with E-state index in [2.05, 4.69) is 150 Å². The van der Waals surface area contributed by atoms with Crippen LogP contribution in [-0.2, 0) is 5.41 Å². The summed E-state index contributed by atoms with van der Waals surface area (Å²) in [5, 5.41) is 5.05. The Hall–Kier alpha value is -7.63. The summed E-state index contributed by atoms with van der Waals surface area (Å²) < 4.78 is 5.01. The first-order valence-electron chi connectivity index (χ1n) is 20.2. The first-order chi connectivity index (χ1) is 29.1. The zero-order chi connectivity index (χ0) is 39.2. The molecule has 0 saturated carbocycles. The topological polar surface area (TPSA) is 48.5 Å². The Labute approximate surface area is 341 Å². The molecule has 278 valence electrons. The maximum absolute atomic E-state index is 5.04. The van der Waals surface area contributed by atoms with Crippen molar-refractivity contribution >= 4 is 43.6 Å². The first kappa shape index (κ1) is 33.5. The van der Waals surface area contributed by atoms with Gasteiger partial charge in [0.25, 0.3) is 0 Å². The molecule has 1 aliphatic carbocycles. The fourth-order valence-corrected chi connectivity index (χ4v) is 9.76. The average molecular weight is 756 g/mol. The van der Waals surface area contributed by atoms with Crippen LogP contribution in [0.3, 0.4) is 0 Å². The highest BCUT2D eigenvalue weighted by Gasteiger charge is 2.41. The minimum absolute atomic E-state index is 0.283. The van der Waals surface area contributed by atoms with E-state index in [0.717, 1.165) is 28.1 Å². The van der Waals surface area contributed by atoms with Crippen LogP contribution < -0.4 is 0 Å². The summed E-state index contributed by atoms with van der Waals surface area (Å²) in [6.45, 7) is 4.80. The summed E-state index contributed by atoms with van der Waals surface area (Å²) in [5.41, 5.74) is 15.0. The number of aromatic nitrogens is 5. The van der Waals surface area contributed by atoms with Gasteiger partial charge < -0.3 is 9.13 Å². The second-order valence-corrected chi connectivity index (χ2v) is 16.0.